The summed E-state index contributed by atoms with van der Waals surface area (Å²) in [5.74, 6) is 2.33. The lowest BCUT2D eigenvalue weighted by Crippen LogP contribution is -2.20. The van der Waals surface area contributed by atoms with Crippen molar-refractivity contribution in [1.29, 1.82) is 5.26 Å². The third-order valence-corrected chi connectivity index (χ3v) is 4.13. The van der Waals surface area contributed by atoms with Gasteiger partial charge >= 0.3 is 0 Å². The number of furan rings is 1. The van der Waals surface area contributed by atoms with E-state index in [0.29, 0.717) is 11.5 Å². The topological polar surface area (TPSA) is 49.4 Å². The fourth-order valence-corrected chi connectivity index (χ4v) is 3.05. The van der Waals surface area contributed by atoms with Gasteiger partial charge in [0.25, 0.3) is 0 Å². The highest BCUT2D eigenvalue weighted by Crippen LogP contribution is 2.27. The molecule has 1 unspecified atom stereocenters. The fourth-order valence-electron chi connectivity index (χ4n) is 3.05. The predicted octanol–water partition coefficient (Wildman–Crippen LogP) is 3.29. The molecule has 0 aliphatic carbocycles. The van der Waals surface area contributed by atoms with E-state index in [1.165, 1.54) is 6.42 Å². The lowest BCUT2D eigenvalue weighted by Gasteiger charge is -2.14. The van der Waals surface area contributed by atoms with Crippen LogP contribution in [0.2, 0.25) is 0 Å². The second-order valence-corrected chi connectivity index (χ2v) is 5.77. The van der Waals surface area contributed by atoms with E-state index in [4.69, 9.17) is 9.15 Å². The van der Waals surface area contributed by atoms with Gasteiger partial charge < -0.3 is 9.15 Å². The smallest absolute Gasteiger partial charge is 0.135 e. The maximum atomic E-state index is 9.18. The number of likely N-dealkylation sites (tertiary alicyclic amines) is 1. The Kier molecular flexibility index (Phi) is 4.57. The van der Waals surface area contributed by atoms with Crippen LogP contribution < -0.4 is 0 Å². The first kappa shape index (κ1) is 14.8. The Morgan fingerprint density at radius 2 is 2.18 bits per heavy atom. The Bertz CT molecular complexity index is 672. The van der Waals surface area contributed by atoms with Crippen LogP contribution in [0, 0.1) is 17.2 Å². The van der Waals surface area contributed by atoms with Crippen LogP contribution in [0.4, 0.5) is 0 Å². The number of nitrogens with zero attached hydrogens (tertiary/aromatic N) is 2. The average molecular weight is 296 g/mol. The lowest BCUT2D eigenvalue weighted by atomic mass is 10.1. The molecule has 1 saturated heterocycles. The van der Waals surface area contributed by atoms with Crippen LogP contribution in [0.5, 0.6) is 0 Å². The van der Waals surface area contributed by atoms with Gasteiger partial charge in [-0.15, -0.1) is 0 Å². The highest BCUT2D eigenvalue weighted by Gasteiger charge is 2.23. The molecule has 1 aromatic carbocycles. The molecule has 0 spiro atoms. The second-order valence-electron chi connectivity index (χ2n) is 5.77. The molecule has 3 rings (SSSR count). The molecular formula is C18H20N2O2. The molecule has 1 fully saturated rings. The number of hydrogen-bond donors (Lipinski definition) is 0. The molecule has 0 bridgehead atoms. The van der Waals surface area contributed by atoms with Gasteiger partial charge in [-0.2, -0.15) is 5.26 Å². The SMILES string of the molecule is COCC1CCN(Cc2ccc(-c3ccccc3C#N)o2)C1. The summed E-state index contributed by atoms with van der Waals surface area (Å²) in [6.07, 6.45) is 1.18. The predicted molar refractivity (Wildman–Crippen MR) is 84.1 cm³/mol. The fraction of sp³-hybridized carbons (Fsp3) is 0.389. The Morgan fingerprint density at radius 3 is 3.00 bits per heavy atom. The highest BCUT2D eigenvalue weighted by atomic mass is 16.5. The van der Waals surface area contributed by atoms with Crippen LogP contribution in [0.1, 0.15) is 17.7 Å². The van der Waals surface area contributed by atoms with Crippen molar-refractivity contribution in [3.05, 3.63) is 47.7 Å². The first-order valence-electron chi connectivity index (χ1n) is 7.59. The van der Waals surface area contributed by atoms with Crippen molar-refractivity contribution in [1.82, 2.24) is 4.90 Å². The van der Waals surface area contributed by atoms with Crippen molar-refractivity contribution in [2.24, 2.45) is 5.92 Å². The van der Waals surface area contributed by atoms with Crippen molar-refractivity contribution in [2.75, 3.05) is 26.8 Å². The number of benzene rings is 1. The van der Waals surface area contributed by atoms with Gasteiger partial charge in [0.05, 0.1) is 24.8 Å². The molecule has 114 valence electrons. The van der Waals surface area contributed by atoms with Crippen LogP contribution in [-0.2, 0) is 11.3 Å². The monoisotopic (exact) mass is 296 g/mol. The maximum absolute atomic E-state index is 9.18. The van der Waals surface area contributed by atoms with Crippen molar-refractivity contribution in [3.8, 4) is 17.4 Å². The highest BCUT2D eigenvalue weighted by molar-refractivity contribution is 5.66. The third kappa shape index (κ3) is 3.22. The first-order valence-corrected chi connectivity index (χ1v) is 7.59. The average Bonchev–Trinajstić information content (AvgIpc) is 3.18. The molecule has 22 heavy (non-hydrogen) atoms. The van der Waals surface area contributed by atoms with Gasteiger partial charge in [-0.25, -0.2) is 0 Å². The Hall–Kier alpha value is -2.09. The summed E-state index contributed by atoms with van der Waals surface area (Å²) in [5.41, 5.74) is 1.50. The third-order valence-electron chi connectivity index (χ3n) is 4.13. The van der Waals surface area contributed by atoms with Gasteiger partial charge in [0.1, 0.15) is 11.5 Å². The van der Waals surface area contributed by atoms with Crippen molar-refractivity contribution in [2.45, 2.75) is 13.0 Å². The zero-order valence-electron chi connectivity index (χ0n) is 12.8. The molecule has 0 N–H and O–H groups in total. The summed E-state index contributed by atoms with van der Waals surface area (Å²) in [6.45, 7) is 3.78. The molecule has 4 heteroatoms. The number of ether oxygens (including phenoxy) is 1. The quantitative estimate of drug-likeness (QED) is 0.849. The van der Waals surface area contributed by atoms with Gasteiger partial charge in [-0.1, -0.05) is 12.1 Å². The van der Waals surface area contributed by atoms with Crippen LogP contribution in [0.15, 0.2) is 40.8 Å². The van der Waals surface area contributed by atoms with E-state index >= 15 is 0 Å². The van der Waals surface area contributed by atoms with E-state index in [-0.39, 0.29) is 0 Å². The molecule has 2 heterocycles. The zero-order chi connectivity index (χ0) is 15.4. The molecular weight excluding hydrogens is 276 g/mol. The van der Waals surface area contributed by atoms with E-state index < -0.39 is 0 Å². The van der Waals surface area contributed by atoms with Gasteiger partial charge in [0.15, 0.2) is 0 Å². The Labute approximate surface area is 130 Å². The van der Waals surface area contributed by atoms with Gasteiger partial charge in [0, 0.05) is 19.2 Å². The van der Waals surface area contributed by atoms with Crippen LogP contribution in [0.25, 0.3) is 11.3 Å². The largest absolute Gasteiger partial charge is 0.460 e. The normalized spacial score (nSPS) is 18.5. The van der Waals surface area contributed by atoms with Crippen LogP contribution in [0.3, 0.4) is 0 Å². The zero-order valence-corrected chi connectivity index (χ0v) is 12.8. The number of rotatable bonds is 5. The molecule has 1 atom stereocenters. The molecule has 4 nitrogen and oxygen atoms in total. The molecule has 2 aromatic rings. The molecule has 0 saturated carbocycles. The van der Waals surface area contributed by atoms with E-state index in [1.54, 1.807) is 7.11 Å². The minimum Gasteiger partial charge on any atom is -0.460 e. The van der Waals surface area contributed by atoms with Crippen molar-refractivity contribution in [3.63, 3.8) is 0 Å². The van der Waals surface area contributed by atoms with Crippen LogP contribution in [-0.4, -0.2) is 31.7 Å². The molecule has 1 aliphatic heterocycles. The Morgan fingerprint density at radius 1 is 1.32 bits per heavy atom. The summed E-state index contributed by atoms with van der Waals surface area (Å²) < 4.78 is 11.2. The number of methoxy groups -OCH3 is 1. The number of hydrogen-bond acceptors (Lipinski definition) is 4. The summed E-state index contributed by atoms with van der Waals surface area (Å²) >= 11 is 0. The summed E-state index contributed by atoms with van der Waals surface area (Å²) in [6, 6.07) is 13.7. The minimum absolute atomic E-state index is 0.624. The van der Waals surface area contributed by atoms with E-state index in [1.807, 2.05) is 36.4 Å². The molecule has 0 radical (unpaired) electrons. The molecule has 0 amide bonds. The molecule has 1 aliphatic rings. The number of nitriles is 1. The summed E-state index contributed by atoms with van der Waals surface area (Å²) in [7, 11) is 1.76. The minimum atomic E-state index is 0.624. The van der Waals surface area contributed by atoms with E-state index in [0.717, 1.165) is 43.3 Å². The summed E-state index contributed by atoms with van der Waals surface area (Å²) in [4.78, 5) is 2.39. The van der Waals surface area contributed by atoms with Gasteiger partial charge in [0.2, 0.25) is 0 Å². The van der Waals surface area contributed by atoms with Gasteiger partial charge in [-0.05, 0) is 43.1 Å². The second kappa shape index (κ2) is 6.78. The Balaban J connectivity index is 1.69. The first-order chi connectivity index (χ1) is 10.8. The maximum Gasteiger partial charge on any atom is 0.135 e. The molecule has 1 aromatic heterocycles. The van der Waals surface area contributed by atoms with Gasteiger partial charge in [-0.3, -0.25) is 4.90 Å². The lowest BCUT2D eigenvalue weighted by molar-refractivity contribution is 0.151. The summed E-state index contributed by atoms with van der Waals surface area (Å²) in [5, 5.41) is 9.18. The van der Waals surface area contributed by atoms with Crippen LogP contribution >= 0.6 is 0 Å². The van der Waals surface area contributed by atoms with E-state index in [2.05, 4.69) is 11.0 Å². The standard InChI is InChI=1S/C18H20N2O2/c1-21-13-14-8-9-20(11-14)12-16-6-7-18(22-16)17-5-3-2-4-15(17)10-19/h2-7,14H,8-9,11-13H2,1H3. The van der Waals surface area contributed by atoms with E-state index in [9.17, 15) is 5.26 Å². The van der Waals surface area contributed by atoms with Crippen molar-refractivity contribution < 1.29 is 9.15 Å². The van der Waals surface area contributed by atoms with Crippen molar-refractivity contribution >= 4 is 0 Å².